The Morgan fingerprint density at radius 1 is 1.20 bits per heavy atom. The van der Waals surface area contributed by atoms with Gasteiger partial charge in [0.1, 0.15) is 17.1 Å². The summed E-state index contributed by atoms with van der Waals surface area (Å²) in [4.78, 5) is 12.0. The molecular weight excluding hydrogens is 324 g/mol. The fraction of sp³-hybridized carbons (Fsp3) is 0. The monoisotopic (exact) mass is 332 g/mol. The van der Waals surface area contributed by atoms with Crippen molar-refractivity contribution in [1.29, 1.82) is 5.26 Å². The fourth-order valence-electron chi connectivity index (χ4n) is 1.63. The van der Waals surface area contributed by atoms with Crippen LogP contribution in [0, 0.1) is 11.3 Å². The van der Waals surface area contributed by atoms with Gasteiger partial charge in [-0.15, -0.1) is 0 Å². The number of aromatic hydroxyl groups is 2. The molecule has 0 saturated heterocycles. The minimum absolute atomic E-state index is 0.205. The maximum absolute atomic E-state index is 12.0. The van der Waals surface area contributed by atoms with Crippen LogP contribution in [0.3, 0.4) is 0 Å². The number of hydrogen-bond acceptors (Lipinski definition) is 4. The third-order valence-corrected chi connectivity index (χ3v) is 3.25. The number of carbonyl (C=O) groups excluding carboxylic acids is 1. The van der Waals surface area contributed by atoms with Crippen molar-refractivity contribution in [3.63, 3.8) is 0 Å². The van der Waals surface area contributed by atoms with E-state index in [0.717, 1.165) is 0 Å². The van der Waals surface area contributed by atoms with Gasteiger partial charge in [-0.2, -0.15) is 5.26 Å². The first-order chi connectivity index (χ1) is 9.52. The van der Waals surface area contributed by atoms with Gasteiger partial charge in [-0.1, -0.05) is 6.07 Å². The van der Waals surface area contributed by atoms with Crippen LogP contribution in [0.5, 0.6) is 11.5 Å². The van der Waals surface area contributed by atoms with Crippen LogP contribution in [-0.2, 0) is 0 Å². The minimum Gasteiger partial charge on any atom is -0.507 e. The summed E-state index contributed by atoms with van der Waals surface area (Å²) < 4.78 is 0.528. The standard InChI is InChI=1S/C14H9BrN2O3/c15-9-6-8(7-16)4-5-10(9)17-14(20)13-11(18)2-1-3-12(13)19/h1-6,18-19H,(H,17,20). The van der Waals surface area contributed by atoms with Crippen molar-refractivity contribution in [2.45, 2.75) is 0 Å². The van der Waals surface area contributed by atoms with Crippen molar-refractivity contribution in [2.75, 3.05) is 5.32 Å². The number of nitrogens with zero attached hydrogens (tertiary/aromatic N) is 1. The number of hydrogen-bond donors (Lipinski definition) is 3. The fourth-order valence-corrected chi connectivity index (χ4v) is 2.11. The zero-order chi connectivity index (χ0) is 14.7. The Hall–Kier alpha value is -2.52. The number of benzene rings is 2. The van der Waals surface area contributed by atoms with Crippen LogP contribution in [0.4, 0.5) is 5.69 Å². The topological polar surface area (TPSA) is 93.4 Å². The van der Waals surface area contributed by atoms with Crippen molar-refractivity contribution in [3.8, 4) is 17.6 Å². The highest BCUT2D eigenvalue weighted by Crippen LogP contribution is 2.29. The third-order valence-electron chi connectivity index (χ3n) is 2.59. The van der Waals surface area contributed by atoms with Crippen LogP contribution in [-0.4, -0.2) is 16.1 Å². The third kappa shape index (κ3) is 2.73. The first kappa shape index (κ1) is 13.9. The van der Waals surface area contributed by atoms with Crippen molar-refractivity contribution < 1.29 is 15.0 Å². The van der Waals surface area contributed by atoms with Crippen LogP contribution in [0.15, 0.2) is 40.9 Å². The summed E-state index contributed by atoms with van der Waals surface area (Å²) >= 11 is 3.24. The highest BCUT2D eigenvalue weighted by atomic mass is 79.9. The van der Waals surface area contributed by atoms with Gasteiger partial charge in [0, 0.05) is 4.47 Å². The molecule has 0 atom stereocenters. The molecule has 2 aromatic carbocycles. The average molecular weight is 333 g/mol. The first-order valence-corrected chi connectivity index (χ1v) is 6.34. The van der Waals surface area contributed by atoms with E-state index in [1.54, 1.807) is 18.2 Å². The Bertz CT molecular complexity index is 703. The number of phenols is 2. The van der Waals surface area contributed by atoms with Gasteiger partial charge in [-0.3, -0.25) is 4.79 Å². The number of anilines is 1. The Kier molecular flexibility index (Phi) is 3.91. The number of phenolic OH excluding ortho intramolecular Hbond substituents is 2. The highest BCUT2D eigenvalue weighted by Gasteiger charge is 2.17. The van der Waals surface area contributed by atoms with Gasteiger partial charge in [0.25, 0.3) is 5.91 Å². The van der Waals surface area contributed by atoms with E-state index < -0.39 is 5.91 Å². The molecule has 0 bridgehead atoms. The van der Waals surface area contributed by atoms with E-state index in [9.17, 15) is 15.0 Å². The number of amides is 1. The molecule has 0 aromatic heterocycles. The zero-order valence-corrected chi connectivity index (χ0v) is 11.7. The normalized spacial score (nSPS) is 9.80. The van der Waals surface area contributed by atoms with Crippen molar-refractivity contribution in [3.05, 3.63) is 52.0 Å². The van der Waals surface area contributed by atoms with Crippen LogP contribution < -0.4 is 5.32 Å². The number of halogens is 1. The molecule has 5 nitrogen and oxygen atoms in total. The predicted molar refractivity (Wildman–Crippen MR) is 76.6 cm³/mol. The van der Waals surface area contributed by atoms with Crippen LogP contribution >= 0.6 is 15.9 Å². The van der Waals surface area contributed by atoms with E-state index in [1.807, 2.05) is 6.07 Å². The van der Waals surface area contributed by atoms with Crippen LogP contribution in [0.25, 0.3) is 0 Å². The number of nitrogens with one attached hydrogen (secondary N) is 1. The van der Waals surface area contributed by atoms with E-state index in [-0.39, 0.29) is 17.1 Å². The van der Waals surface area contributed by atoms with Gasteiger partial charge in [0.15, 0.2) is 0 Å². The summed E-state index contributed by atoms with van der Waals surface area (Å²) in [7, 11) is 0. The Morgan fingerprint density at radius 3 is 2.40 bits per heavy atom. The Labute approximate surface area is 123 Å². The molecule has 3 N–H and O–H groups in total. The lowest BCUT2D eigenvalue weighted by Crippen LogP contribution is -2.12. The highest BCUT2D eigenvalue weighted by molar-refractivity contribution is 9.10. The van der Waals surface area contributed by atoms with Gasteiger partial charge in [0.05, 0.1) is 17.3 Å². The SMILES string of the molecule is N#Cc1ccc(NC(=O)c2c(O)cccc2O)c(Br)c1. The summed E-state index contributed by atoms with van der Waals surface area (Å²) in [6.07, 6.45) is 0. The molecule has 0 aliphatic carbocycles. The molecular formula is C14H9BrN2O3. The Morgan fingerprint density at radius 2 is 1.85 bits per heavy atom. The molecule has 100 valence electrons. The van der Waals surface area contributed by atoms with Crippen molar-refractivity contribution in [1.82, 2.24) is 0 Å². The van der Waals surface area contributed by atoms with E-state index in [2.05, 4.69) is 21.2 Å². The molecule has 6 heteroatoms. The van der Waals surface area contributed by atoms with Gasteiger partial charge in [-0.25, -0.2) is 0 Å². The van der Waals surface area contributed by atoms with Crippen LogP contribution in [0.2, 0.25) is 0 Å². The minimum atomic E-state index is -0.647. The number of rotatable bonds is 2. The molecule has 0 aliphatic heterocycles. The predicted octanol–water partition coefficient (Wildman–Crippen LogP) is 2.98. The van der Waals surface area contributed by atoms with Gasteiger partial charge < -0.3 is 15.5 Å². The van der Waals surface area contributed by atoms with Gasteiger partial charge in [-0.05, 0) is 46.3 Å². The number of carbonyl (C=O) groups is 1. The molecule has 0 saturated carbocycles. The molecule has 0 fully saturated rings. The first-order valence-electron chi connectivity index (χ1n) is 5.55. The number of nitriles is 1. The lowest BCUT2D eigenvalue weighted by molar-refractivity contribution is 0.102. The summed E-state index contributed by atoms with van der Waals surface area (Å²) in [6.45, 7) is 0. The second-order valence-electron chi connectivity index (χ2n) is 3.93. The molecule has 2 rings (SSSR count). The zero-order valence-electron chi connectivity index (χ0n) is 10.1. The quantitative estimate of drug-likeness (QED) is 0.788. The van der Waals surface area contributed by atoms with Crippen molar-refractivity contribution >= 4 is 27.5 Å². The lowest BCUT2D eigenvalue weighted by atomic mass is 10.1. The largest absolute Gasteiger partial charge is 0.507 e. The average Bonchev–Trinajstić information content (AvgIpc) is 2.41. The molecule has 0 radical (unpaired) electrons. The van der Waals surface area contributed by atoms with E-state index in [1.165, 1.54) is 18.2 Å². The molecule has 2 aromatic rings. The second-order valence-corrected chi connectivity index (χ2v) is 4.79. The van der Waals surface area contributed by atoms with E-state index >= 15 is 0 Å². The van der Waals surface area contributed by atoms with Crippen molar-refractivity contribution in [2.24, 2.45) is 0 Å². The van der Waals surface area contributed by atoms with E-state index in [0.29, 0.717) is 15.7 Å². The molecule has 0 spiro atoms. The smallest absolute Gasteiger partial charge is 0.263 e. The molecule has 1 amide bonds. The second kappa shape index (κ2) is 5.63. The summed E-state index contributed by atoms with van der Waals surface area (Å²) in [6, 6.07) is 10.7. The summed E-state index contributed by atoms with van der Waals surface area (Å²) in [5, 5.41) is 30.5. The van der Waals surface area contributed by atoms with Gasteiger partial charge >= 0.3 is 0 Å². The molecule has 20 heavy (non-hydrogen) atoms. The molecule has 0 aliphatic rings. The van der Waals surface area contributed by atoms with E-state index in [4.69, 9.17) is 5.26 Å². The maximum Gasteiger partial charge on any atom is 0.263 e. The summed E-state index contributed by atoms with van der Waals surface area (Å²) in [5.74, 6) is -1.27. The summed E-state index contributed by atoms with van der Waals surface area (Å²) in [5.41, 5.74) is 0.667. The van der Waals surface area contributed by atoms with Gasteiger partial charge in [0.2, 0.25) is 0 Å². The molecule has 0 unspecified atom stereocenters. The maximum atomic E-state index is 12.0. The Balaban J connectivity index is 2.31. The van der Waals surface area contributed by atoms with Crippen LogP contribution in [0.1, 0.15) is 15.9 Å². The lowest BCUT2D eigenvalue weighted by Gasteiger charge is -2.10. The molecule has 0 heterocycles.